The third-order valence-corrected chi connectivity index (χ3v) is 2.63. The fourth-order valence-corrected chi connectivity index (χ4v) is 1.45. The third-order valence-electron chi connectivity index (χ3n) is 2.63. The van der Waals surface area contributed by atoms with E-state index in [-0.39, 0.29) is 13.0 Å². The Labute approximate surface area is 88.0 Å². The Balaban J connectivity index is 2.25. The van der Waals surface area contributed by atoms with Crippen molar-refractivity contribution in [3.05, 3.63) is 0 Å². The lowest BCUT2D eigenvalue weighted by atomic mass is 9.80. The third kappa shape index (κ3) is 3.49. The van der Waals surface area contributed by atoms with Crippen molar-refractivity contribution in [2.24, 2.45) is 11.5 Å². The van der Waals surface area contributed by atoms with E-state index in [0.29, 0.717) is 12.8 Å². The van der Waals surface area contributed by atoms with Crippen molar-refractivity contribution in [3.8, 4) is 0 Å². The zero-order valence-corrected chi connectivity index (χ0v) is 8.53. The molecule has 0 aromatic carbocycles. The maximum absolute atomic E-state index is 11.3. The molecular weight excluding hydrogens is 198 g/mol. The van der Waals surface area contributed by atoms with Crippen LogP contribution in [0.4, 0.5) is 0 Å². The summed E-state index contributed by atoms with van der Waals surface area (Å²) in [6.07, 6.45) is 2.18. The molecule has 1 rings (SSSR count). The first kappa shape index (κ1) is 11.9. The summed E-state index contributed by atoms with van der Waals surface area (Å²) < 4.78 is 0. The van der Waals surface area contributed by atoms with Gasteiger partial charge in [0.25, 0.3) is 0 Å². The molecule has 1 aliphatic carbocycles. The Morgan fingerprint density at radius 1 is 1.47 bits per heavy atom. The first-order valence-corrected chi connectivity index (χ1v) is 4.97. The molecule has 0 heterocycles. The van der Waals surface area contributed by atoms with E-state index in [1.165, 1.54) is 0 Å². The van der Waals surface area contributed by atoms with Crippen molar-refractivity contribution in [3.63, 3.8) is 0 Å². The van der Waals surface area contributed by atoms with E-state index >= 15 is 0 Å². The van der Waals surface area contributed by atoms with Crippen LogP contribution in [0.15, 0.2) is 0 Å². The maximum Gasteiger partial charge on any atom is 0.237 e. The molecular formula is C9H17N3O3. The van der Waals surface area contributed by atoms with Gasteiger partial charge >= 0.3 is 0 Å². The maximum atomic E-state index is 11.3. The molecule has 0 bridgehead atoms. The summed E-state index contributed by atoms with van der Waals surface area (Å²) in [5, 5.41) is 12.2. The summed E-state index contributed by atoms with van der Waals surface area (Å²) in [6, 6.07) is -0.925. The number of carbonyl (C=O) groups is 2. The second kappa shape index (κ2) is 4.59. The van der Waals surface area contributed by atoms with Gasteiger partial charge in [0.2, 0.25) is 11.8 Å². The highest BCUT2D eigenvalue weighted by atomic mass is 16.3. The van der Waals surface area contributed by atoms with E-state index in [2.05, 4.69) is 5.32 Å². The second-order valence-corrected chi connectivity index (χ2v) is 4.07. The average Bonchev–Trinajstić information content (AvgIpc) is 2.10. The predicted octanol–water partition coefficient (Wildman–Crippen LogP) is -1.78. The summed E-state index contributed by atoms with van der Waals surface area (Å²) in [7, 11) is 0. The molecule has 6 nitrogen and oxygen atoms in total. The van der Waals surface area contributed by atoms with Crippen LogP contribution in [0.25, 0.3) is 0 Å². The Hall–Kier alpha value is -1.14. The van der Waals surface area contributed by atoms with E-state index in [1.54, 1.807) is 0 Å². The Morgan fingerprint density at radius 2 is 2.07 bits per heavy atom. The van der Waals surface area contributed by atoms with Crippen LogP contribution in [0, 0.1) is 0 Å². The van der Waals surface area contributed by atoms with Gasteiger partial charge in [-0.1, -0.05) is 0 Å². The van der Waals surface area contributed by atoms with Crippen molar-refractivity contribution >= 4 is 11.8 Å². The van der Waals surface area contributed by atoms with E-state index in [9.17, 15) is 14.7 Å². The number of nitrogens with two attached hydrogens (primary N) is 2. The number of aliphatic hydroxyl groups is 1. The van der Waals surface area contributed by atoms with Gasteiger partial charge in [-0.2, -0.15) is 0 Å². The zero-order valence-electron chi connectivity index (χ0n) is 8.53. The molecule has 1 atom stereocenters. The van der Waals surface area contributed by atoms with Gasteiger partial charge in [0.1, 0.15) is 0 Å². The fraction of sp³-hybridized carbons (Fsp3) is 0.778. The molecule has 86 valence electrons. The summed E-state index contributed by atoms with van der Waals surface area (Å²) in [4.78, 5) is 21.8. The van der Waals surface area contributed by atoms with E-state index < -0.39 is 23.5 Å². The smallest absolute Gasteiger partial charge is 0.237 e. The lowest BCUT2D eigenvalue weighted by Crippen LogP contribution is -2.51. The van der Waals surface area contributed by atoms with Crippen molar-refractivity contribution in [2.75, 3.05) is 6.54 Å². The van der Waals surface area contributed by atoms with Crippen molar-refractivity contribution < 1.29 is 14.7 Å². The number of carbonyl (C=O) groups excluding carboxylic acids is 2. The number of nitrogens with one attached hydrogen (secondary N) is 1. The number of rotatable bonds is 5. The molecule has 1 unspecified atom stereocenters. The van der Waals surface area contributed by atoms with Gasteiger partial charge in [0.15, 0.2) is 0 Å². The summed E-state index contributed by atoms with van der Waals surface area (Å²) >= 11 is 0. The lowest BCUT2D eigenvalue weighted by Gasteiger charge is -2.36. The largest absolute Gasteiger partial charge is 0.388 e. The van der Waals surface area contributed by atoms with Crippen LogP contribution in [0.2, 0.25) is 0 Å². The number of hydrogen-bond acceptors (Lipinski definition) is 4. The molecule has 0 aromatic rings. The average molecular weight is 215 g/mol. The van der Waals surface area contributed by atoms with Gasteiger partial charge in [0.05, 0.1) is 18.1 Å². The molecule has 1 saturated carbocycles. The van der Waals surface area contributed by atoms with Crippen molar-refractivity contribution in [1.29, 1.82) is 0 Å². The number of hydrogen-bond donors (Lipinski definition) is 4. The zero-order chi connectivity index (χ0) is 11.5. The molecule has 0 aliphatic heterocycles. The van der Waals surface area contributed by atoms with Crippen molar-refractivity contribution in [1.82, 2.24) is 5.32 Å². The van der Waals surface area contributed by atoms with E-state index in [0.717, 1.165) is 6.42 Å². The van der Waals surface area contributed by atoms with Crippen molar-refractivity contribution in [2.45, 2.75) is 37.3 Å². The molecule has 2 amide bonds. The minimum absolute atomic E-state index is 0.176. The monoisotopic (exact) mass is 215 g/mol. The molecule has 6 N–H and O–H groups in total. The van der Waals surface area contributed by atoms with Gasteiger partial charge in [-0.15, -0.1) is 0 Å². The Kier molecular flexibility index (Phi) is 3.65. The molecule has 0 saturated heterocycles. The minimum atomic E-state index is -0.925. The molecule has 0 spiro atoms. The fourth-order valence-electron chi connectivity index (χ4n) is 1.45. The minimum Gasteiger partial charge on any atom is -0.388 e. The van der Waals surface area contributed by atoms with Gasteiger partial charge in [-0.05, 0) is 19.3 Å². The van der Waals surface area contributed by atoms with E-state index in [1.807, 2.05) is 0 Å². The second-order valence-electron chi connectivity index (χ2n) is 4.07. The quantitative estimate of drug-likeness (QED) is 0.433. The number of primary amides is 1. The first-order valence-electron chi connectivity index (χ1n) is 4.97. The Morgan fingerprint density at radius 3 is 2.47 bits per heavy atom. The molecule has 0 radical (unpaired) electrons. The van der Waals surface area contributed by atoms with Crippen LogP contribution < -0.4 is 16.8 Å². The summed E-state index contributed by atoms with van der Waals surface area (Å²) in [5.74, 6) is -1.06. The molecule has 1 aliphatic rings. The van der Waals surface area contributed by atoms with Crippen LogP contribution in [0.3, 0.4) is 0 Å². The van der Waals surface area contributed by atoms with Crippen LogP contribution >= 0.6 is 0 Å². The predicted molar refractivity (Wildman–Crippen MR) is 53.6 cm³/mol. The SMILES string of the molecule is NC(=O)CC(N)C(=O)NCC1(O)CCC1. The Bertz CT molecular complexity index is 263. The molecule has 6 heteroatoms. The first-order chi connectivity index (χ1) is 6.93. The highest BCUT2D eigenvalue weighted by molar-refractivity contribution is 5.87. The van der Waals surface area contributed by atoms with Crippen LogP contribution in [0.5, 0.6) is 0 Å². The van der Waals surface area contributed by atoms with Gasteiger partial charge in [-0.3, -0.25) is 9.59 Å². The topological polar surface area (TPSA) is 118 Å². The lowest BCUT2D eigenvalue weighted by molar-refractivity contribution is -0.128. The van der Waals surface area contributed by atoms with Gasteiger partial charge < -0.3 is 21.9 Å². The number of amides is 2. The summed E-state index contributed by atoms with van der Waals surface area (Å²) in [5.41, 5.74) is 9.54. The van der Waals surface area contributed by atoms with Gasteiger partial charge in [0, 0.05) is 6.54 Å². The molecule has 1 fully saturated rings. The highest BCUT2D eigenvalue weighted by Crippen LogP contribution is 2.30. The summed E-state index contributed by atoms with van der Waals surface area (Å²) in [6.45, 7) is 0.193. The van der Waals surface area contributed by atoms with E-state index in [4.69, 9.17) is 11.5 Å². The van der Waals surface area contributed by atoms with Crippen LogP contribution in [-0.4, -0.2) is 35.1 Å². The standard InChI is InChI=1S/C9H17N3O3/c10-6(4-7(11)13)8(14)12-5-9(15)2-1-3-9/h6,15H,1-5,10H2,(H2,11,13)(H,12,14). The van der Waals surface area contributed by atoms with Crippen LogP contribution in [0.1, 0.15) is 25.7 Å². The van der Waals surface area contributed by atoms with Gasteiger partial charge in [-0.25, -0.2) is 0 Å². The van der Waals surface area contributed by atoms with Crippen LogP contribution in [-0.2, 0) is 9.59 Å². The molecule has 15 heavy (non-hydrogen) atoms. The normalized spacial score (nSPS) is 20.1. The highest BCUT2D eigenvalue weighted by Gasteiger charge is 2.34. The molecule has 0 aromatic heterocycles.